The van der Waals surface area contributed by atoms with Gasteiger partial charge >= 0.3 is 0 Å². The Labute approximate surface area is 134 Å². The van der Waals surface area contributed by atoms with Crippen LogP contribution in [0.5, 0.6) is 5.75 Å². The smallest absolute Gasteiger partial charge is 0.131 e. The number of carbonyl (C=O) groups is 1. The Morgan fingerprint density at radius 2 is 1.90 bits per heavy atom. The molecule has 1 aromatic rings. The van der Waals surface area contributed by atoms with E-state index in [4.69, 9.17) is 4.74 Å². The van der Waals surface area contributed by atoms with Crippen LogP contribution < -0.4 is 4.74 Å². The Morgan fingerprint density at radius 3 is 2.50 bits per heavy atom. The molecule has 1 atom stereocenters. The molecule has 0 aliphatic carbocycles. The Hall–Kier alpha value is -0.620. The van der Waals surface area contributed by atoms with E-state index >= 15 is 0 Å². The zero-order valence-electron chi connectivity index (χ0n) is 12.0. The van der Waals surface area contributed by atoms with E-state index in [2.05, 4.69) is 27.5 Å². The predicted molar refractivity (Wildman–Crippen MR) is 89.2 cm³/mol. The molecular weight excluding hydrogens is 365 g/mol. The lowest BCUT2D eigenvalue weighted by atomic mass is 10.1. The van der Waals surface area contributed by atoms with Crippen LogP contribution in [0.2, 0.25) is 0 Å². The van der Waals surface area contributed by atoms with Crippen molar-refractivity contribution in [3.8, 4) is 5.75 Å². The van der Waals surface area contributed by atoms with Gasteiger partial charge in [0, 0.05) is 9.99 Å². The molecule has 0 spiro atoms. The van der Waals surface area contributed by atoms with Gasteiger partial charge in [0.2, 0.25) is 0 Å². The summed E-state index contributed by atoms with van der Waals surface area (Å²) in [4.78, 5) is 13.9. The number of nitrogens with zero attached hydrogens (tertiary/aromatic N) is 1. The van der Waals surface area contributed by atoms with Gasteiger partial charge in [0.05, 0.1) is 6.04 Å². The Kier molecular flexibility index (Phi) is 6.29. The number of hydrogen-bond acceptors (Lipinski definition) is 3. The van der Waals surface area contributed by atoms with Gasteiger partial charge in [-0.2, -0.15) is 0 Å². The van der Waals surface area contributed by atoms with Crippen LogP contribution in [0.25, 0.3) is 0 Å². The second kappa shape index (κ2) is 7.98. The van der Waals surface area contributed by atoms with E-state index in [-0.39, 0.29) is 11.8 Å². The van der Waals surface area contributed by atoms with Crippen LogP contribution in [0.4, 0.5) is 0 Å². The lowest BCUT2D eigenvalue weighted by Gasteiger charge is -2.34. The third-order valence-electron chi connectivity index (χ3n) is 3.69. The first-order valence-electron chi connectivity index (χ1n) is 7.27. The summed E-state index contributed by atoms with van der Waals surface area (Å²) in [5.74, 6) is 1.13. The molecule has 110 valence electrons. The quantitative estimate of drug-likeness (QED) is 0.700. The van der Waals surface area contributed by atoms with Gasteiger partial charge < -0.3 is 4.74 Å². The molecule has 1 unspecified atom stereocenters. The van der Waals surface area contributed by atoms with E-state index in [1.807, 2.05) is 24.3 Å². The van der Waals surface area contributed by atoms with Crippen LogP contribution in [-0.2, 0) is 4.79 Å². The molecule has 2 rings (SSSR count). The molecule has 0 amide bonds. The number of likely N-dealkylation sites (tertiary alicyclic amines) is 1. The summed E-state index contributed by atoms with van der Waals surface area (Å²) in [6.45, 7) is 4.45. The first-order valence-corrected chi connectivity index (χ1v) is 8.35. The highest BCUT2D eigenvalue weighted by Crippen LogP contribution is 2.18. The number of Topliss-reactive ketones (excluding diaryl/α,β-unsaturated/α-hetero) is 1. The zero-order valence-corrected chi connectivity index (χ0v) is 14.1. The second-order valence-corrected chi connectivity index (χ2v) is 6.67. The zero-order chi connectivity index (χ0) is 14.4. The van der Waals surface area contributed by atoms with Gasteiger partial charge in [-0.15, -0.1) is 0 Å². The van der Waals surface area contributed by atoms with Crippen LogP contribution >= 0.6 is 22.6 Å². The monoisotopic (exact) mass is 387 g/mol. The van der Waals surface area contributed by atoms with Gasteiger partial charge in [0.15, 0.2) is 0 Å². The maximum absolute atomic E-state index is 11.5. The summed E-state index contributed by atoms with van der Waals surface area (Å²) in [7, 11) is 0. The van der Waals surface area contributed by atoms with Crippen LogP contribution in [0.3, 0.4) is 0 Å². The highest BCUT2D eigenvalue weighted by Gasteiger charge is 2.22. The van der Waals surface area contributed by atoms with Gasteiger partial charge in [-0.3, -0.25) is 9.69 Å². The first-order chi connectivity index (χ1) is 9.65. The van der Waals surface area contributed by atoms with E-state index in [0.29, 0.717) is 13.0 Å². The molecule has 20 heavy (non-hydrogen) atoms. The molecule has 4 heteroatoms. The van der Waals surface area contributed by atoms with Crippen molar-refractivity contribution in [2.45, 2.75) is 38.6 Å². The summed E-state index contributed by atoms with van der Waals surface area (Å²) >= 11 is 2.28. The molecule has 0 aromatic heterocycles. The van der Waals surface area contributed by atoms with Crippen molar-refractivity contribution in [3.05, 3.63) is 27.8 Å². The van der Waals surface area contributed by atoms with Crippen molar-refractivity contribution in [1.29, 1.82) is 0 Å². The highest BCUT2D eigenvalue weighted by atomic mass is 127. The SMILES string of the molecule is CC(=O)CC(COc1ccc(I)cc1)N1CCCCC1. The summed E-state index contributed by atoms with van der Waals surface area (Å²) in [5, 5.41) is 0. The van der Waals surface area contributed by atoms with Gasteiger partial charge in [-0.05, 0) is 79.7 Å². The molecule has 1 saturated heterocycles. The van der Waals surface area contributed by atoms with E-state index < -0.39 is 0 Å². The molecular formula is C16H22INO2. The van der Waals surface area contributed by atoms with E-state index in [9.17, 15) is 4.79 Å². The van der Waals surface area contributed by atoms with Crippen molar-refractivity contribution in [3.63, 3.8) is 0 Å². The van der Waals surface area contributed by atoms with Crippen molar-refractivity contribution >= 4 is 28.4 Å². The molecule has 0 bridgehead atoms. The third kappa shape index (κ3) is 5.05. The topological polar surface area (TPSA) is 29.5 Å². The van der Waals surface area contributed by atoms with E-state index in [0.717, 1.165) is 18.8 Å². The van der Waals surface area contributed by atoms with E-state index in [1.165, 1.54) is 22.8 Å². The lowest BCUT2D eigenvalue weighted by Crippen LogP contribution is -2.43. The number of halogens is 1. The average molecular weight is 387 g/mol. The standard InChI is InChI=1S/C16H22INO2/c1-13(19)11-15(18-9-3-2-4-10-18)12-20-16-7-5-14(17)6-8-16/h5-8,15H,2-4,9-12H2,1H3. The minimum atomic E-state index is 0.215. The van der Waals surface area contributed by atoms with Crippen molar-refractivity contribution < 1.29 is 9.53 Å². The molecule has 1 heterocycles. The second-order valence-electron chi connectivity index (χ2n) is 5.42. The number of carbonyl (C=O) groups excluding carboxylic acids is 1. The van der Waals surface area contributed by atoms with Crippen molar-refractivity contribution in [2.24, 2.45) is 0 Å². The first kappa shape index (κ1) is 15.8. The number of benzene rings is 1. The van der Waals surface area contributed by atoms with Crippen molar-refractivity contribution in [1.82, 2.24) is 4.90 Å². The van der Waals surface area contributed by atoms with Gasteiger partial charge in [0.1, 0.15) is 18.1 Å². The van der Waals surface area contributed by atoms with Crippen LogP contribution in [0.15, 0.2) is 24.3 Å². The number of hydrogen-bond donors (Lipinski definition) is 0. The summed E-state index contributed by atoms with van der Waals surface area (Å²) in [5.41, 5.74) is 0. The fraction of sp³-hybridized carbons (Fsp3) is 0.562. The third-order valence-corrected chi connectivity index (χ3v) is 4.41. The molecule has 0 saturated carbocycles. The largest absolute Gasteiger partial charge is 0.492 e. The predicted octanol–water partition coefficient (Wildman–Crippen LogP) is 3.50. The molecule has 0 radical (unpaired) electrons. The number of piperidine rings is 1. The highest BCUT2D eigenvalue weighted by molar-refractivity contribution is 14.1. The van der Waals surface area contributed by atoms with Crippen molar-refractivity contribution in [2.75, 3.05) is 19.7 Å². The number of ether oxygens (including phenoxy) is 1. The Bertz CT molecular complexity index is 427. The van der Waals surface area contributed by atoms with Crippen LogP contribution in [0.1, 0.15) is 32.6 Å². The fourth-order valence-corrected chi connectivity index (χ4v) is 2.99. The van der Waals surface area contributed by atoms with Gasteiger partial charge in [-0.25, -0.2) is 0 Å². The summed E-state index contributed by atoms with van der Waals surface area (Å²) < 4.78 is 7.08. The summed E-state index contributed by atoms with van der Waals surface area (Å²) in [6.07, 6.45) is 4.36. The lowest BCUT2D eigenvalue weighted by molar-refractivity contribution is -0.118. The summed E-state index contributed by atoms with van der Waals surface area (Å²) in [6, 6.07) is 8.27. The molecule has 1 fully saturated rings. The fourth-order valence-electron chi connectivity index (χ4n) is 2.63. The van der Waals surface area contributed by atoms with Crippen LogP contribution in [0, 0.1) is 3.57 Å². The molecule has 1 aromatic carbocycles. The molecule has 1 aliphatic rings. The minimum absolute atomic E-state index is 0.215. The normalized spacial score (nSPS) is 17.7. The van der Waals surface area contributed by atoms with Gasteiger partial charge in [0.25, 0.3) is 0 Å². The maximum atomic E-state index is 11.5. The Morgan fingerprint density at radius 1 is 1.25 bits per heavy atom. The van der Waals surface area contributed by atoms with E-state index in [1.54, 1.807) is 6.92 Å². The number of ketones is 1. The Balaban J connectivity index is 1.92. The molecule has 3 nitrogen and oxygen atoms in total. The van der Waals surface area contributed by atoms with Crippen LogP contribution in [-0.4, -0.2) is 36.4 Å². The molecule has 1 aliphatic heterocycles. The maximum Gasteiger partial charge on any atom is 0.131 e. The van der Waals surface area contributed by atoms with Gasteiger partial charge in [-0.1, -0.05) is 6.42 Å². The molecule has 0 N–H and O–H groups in total. The minimum Gasteiger partial charge on any atom is -0.492 e. The average Bonchev–Trinajstić information content (AvgIpc) is 2.46. The number of rotatable bonds is 6.